The molecule has 0 aliphatic carbocycles. The smallest absolute Gasteiger partial charge is 0.304 e. The third kappa shape index (κ3) is 5.32. The van der Waals surface area contributed by atoms with E-state index in [1.54, 1.807) is 0 Å². The average Bonchev–Trinajstić information content (AvgIpc) is 2.27. The first-order valence-electron chi connectivity index (χ1n) is 6.21. The monoisotopic (exact) mass is 270 g/mol. The molecule has 0 radical (unpaired) electrons. The molecule has 19 heavy (non-hydrogen) atoms. The van der Waals surface area contributed by atoms with Gasteiger partial charge in [-0.1, -0.05) is 19.9 Å². The van der Waals surface area contributed by atoms with Gasteiger partial charge in [0, 0.05) is 19.2 Å². The number of nitrogens with one attached hydrogen (secondary N) is 1. The fourth-order valence-electron chi connectivity index (χ4n) is 1.82. The fraction of sp³-hybridized carbons (Fsp3) is 0.538. The molecule has 1 aromatic rings. The summed E-state index contributed by atoms with van der Waals surface area (Å²) in [6.45, 7) is 4.82. The van der Waals surface area contributed by atoms with Crippen molar-refractivity contribution >= 4 is 5.69 Å². The molecule has 6 heteroatoms. The second-order valence-corrected chi connectivity index (χ2v) is 4.96. The van der Waals surface area contributed by atoms with E-state index in [-0.39, 0.29) is 0 Å². The summed E-state index contributed by atoms with van der Waals surface area (Å²) in [5.41, 5.74) is 0.0865. The third-order valence-electron chi connectivity index (χ3n) is 2.66. The first kappa shape index (κ1) is 15.5. The predicted molar refractivity (Wildman–Crippen MR) is 70.2 cm³/mol. The van der Waals surface area contributed by atoms with Crippen LogP contribution in [-0.2, 0) is 6.54 Å². The minimum atomic E-state index is -0.841. The van der Waals surface area contributed by atoms with Crippen LogP contribution in [0.5, 0.6) is 0 Å². The highest BCUT2D eigenvalue weighted by atomic mass is 19.1. The van der Waals surface area contributed by atoms with Gasteiger partial charge in [-0.25, -0.2) is 0 Å². The van der Waals surface area contributed by atoms with Gasteiger partial charge in [-0.05, 0) is 24.0 Å². The van der Waals surface area contributed by atoms with Crippen molar-refractivity contribution in [1.82, 2.24) is 5.32 Å². The van der Waals surface area contributed by atoms with Gasteiger partial charge in [0.15, 0.2) is 0 Å². The molecule has 0 fully saturated rings. The summed E-state index contributed by atoms with van der Waals surface area (Å²) >= 11 is 0. The number of nitro benzene ring substituents is 1. The summed E-state index contributed by atoms with van der Waals surface area (Å²) < 4.78 is 13.3. The topological polar surface area (TPSA) is 75.4 Å². The molecule has 2 N–H and O–H groups in total. The Kier molecular flexibility index (Phi) is 5.85. The molecule has 1 aromatic carbocycles. The summed E-state index contributed by atoms with van der Waals surface area (Å²) in [6, 6.07) is 3.79. The van der Waals surface area contributed by atoms with Gasteiger partial charge in [0.1, 0.15) is 0 Å². The van der Waals surface area contributed by atoms with Crippen LogP contribution in [0.2, 0.25) is 0 Å². The number of hydrogen-bond donors (Lipinski definition) is 2. The van der Waals surface area contributed by atoms with E-state index in [4.69, 9.17) is 0 Å². The number of aliphatic hydroxyl groups excluding tert-OH is 1. The molecule has 106 valence electrons. The Bertz CT molecular complexity index is 438. The standard InChI is InChI=1S/C13H19FN2O3/c1-9(2)5-11(17)8-15-7-10-3-4-13(16(18)19)12(14)6-10/h3-4,6,9,11,15,17H,5,7-8H2,1-2H3. The number of nitro groups is 1. The van der Waals surface area contributed by atoms with Gasteiger partial charge in [-0.2, -0.15) is 4.39 Å². The summed E-state index contributed by atoms with van der Waals surface area (Å²) in [5, 5.41) is 23.1. The summed E-state index contributed by atoms with van der Waals surface area (Å²) in [6.07, 6.45) is 0.254. The van der Waals surface area contributed by atoms with Crippen LogP contribution in [0.1, 0.15) is 25.8 Å². The van der Waals surface area contributed by atoms with Crippen molar-refractivity contribution < 1.29 is 14.4 Å². The molecule has 0 spiro atoms. The molecule has 5 nitrogen and oxygen atoms in total. The van der Waals surface area contributed by atoms with Gasteiger partial charge in [-0.15, -0.1) is 0 Å². The third-order valence-corrected chi connectivity index (χ3v) is 2.66. The Morgan fingerprint density at radius 3 is 2.68 bits per heavy atom. The van der Waals surface area contributed by atoms with Crippen LogP contribution < -0.4 is 5.32 Å². The second kappa shape index (κ2) is 7.16. The van der Waals surface area contributed by atoms with E-state index >= 15 is 0 Å². The Morgan fingerprint density at radius 1 is 1.47 bits per heavy atom. The lowest BCUT2D eigenvalue weighted by molar-refractivity contribution is -0.387. The van der Waals surface area contributed by atoms with E-state index in [2.05, 4.69) is 5.32 Å². The van der Waals surface area contributed by atoms with Crippen LogP contribution in [0, 0.1) is 21.8 Å². The molecule has 0 saturated heterocycles. The Morgan fingerprint density at radius 2 is 2.16 bits per heavy atom. The zero-order chi connectivity index (χ0) is 14.4. The van der Waals surface area contributed by atoms with Crippen molar-refractivity contribution in [2.75, 3.05) is 6.54 Å². The molecule has 0 aliphatic rings. The minimum absolute atomic E-state index is 0.365. The van der Waals surface area contributed by atoms with E-state index in [1.165, 1.54) is 6.07 Å². The summed E-state index contributed by atoms with van der Waals surface area (Å²) in [4.78, 5) is 9.70. The van der Waals surface area contributed by atoms with Crippen LogP contribution >= 0.6 is 0 Å². The van der Waals surface area contributed by atoms with E-state index in [9.17, 15) is 19.6 Å². The molecule has 0 aliphatic heterocycles. The lowest BCUT2D eigenvalue weighted by Gasteiger charge is -2.13. The summed E-state index contributed by atoms with van der Waals surface area (Å²) in [7, 11) is 0. The SMILES string of the molecule is CC(C)CC(O)CNCc1ccc([N+](=O)[O-])c(F)c1. The van der Waals surface area contributed by atoms with E-state index in [1.807, 2.05) is 13.8 Å². The highest BCUT2D eigenvalue weighted by Crippen LogP contribution is 2.17. The number of hydrogen-bond acceptors (Lipinski definition) is 4. The zero-order valence-electron chi connectivity index (χ0n) is 11.1. The predicted octanol–water partition coefficient (Wildman–Crippen LogP) is 2.23. The van der Waals surface area contributed by atoms with E-state index < -0.39 is 22.5 Å². The lowest BCUT2D eigenvalue weighted by Crippen LogP contribution is -2.27. The molecule has 1 unspecified atom stereocenters. The molecule has 0 amide bonds. The lowest BCUT2D eigenvalue weighted by atomic mass is 10.1. The van der Waals surface area contributed by atoms with Crippen LogP contribution in [0.4, 0.5) is 10.1 Å². The zero-order valence-corrected chi connectivity index (χ0v) is 11.1. The minimum Gasteiger partial charge on any atom is -0.392 e. The maximum absolute atomic E-state index is 13.3. The van der Waals surface area contributed by atoms with Crippen molar-refractivity contribution in [2.24, 2.45) is 5.92 Å². The molecule has 1 rings (SSSR count). The van der Waals surface area contributed by atoms with Crippen LogP contribution in [-0.4, -0.2) is 22.7 Å². The highest BCUT2D eigenvalue weighted by Gasteiger charge is 2.13. The van der Waals surface area contributed by atoms with Gasteiger partial charge in [-0.3, -0.25) is 10.1 Å². The average molecular weight is 270 g/mol. The van der Waals surface area contributed by atoms with Crippen LogP contribution in [0.25, 0.3) is 0 Å². The normalized spacial score (nSPS) is 12.7. The van der Waals surface area contributed by atoms with Gasteiger partial charge >= 0.3 is 5.69 Å². The molecule has 0 heterocycles. The molecule has 0 aromatic heterocycles. The fourth-order valence-corrected chi connectivity index (χ4v) is 1.82. The number of nitrogens with zero attached hydrogens (tertiary/aromatic N) is 1. The van der Waals surface area contributed by atoms with Crippen molar-refractivity contribution in [3.05, 3.63) is 39.7 Å². The Balaban J connectivity index is 2.46. The summed E-state index contributed by atoms with van der Waals surface area (Å²) in [5.74, 6) is -0.430. The van der Waals surface area contributed by atoms with Crippen molar-refractivity contribution in [2.45, 2.75) is 32.9 Å². The molecular formula is C13H19FN2O3. The van der Waals surface area contributed by atoms with Gasteiger partial charge < -0.3 is 10.4 Å². The second-order valence-electron chi connectivity index (χ2n) is 4.96. The maximum Gasteiger partial charge on any atom is 0.304 e. The van der Waals surface area contributed by atoms with Crippen molar-refractivity contribution in [3.8, 4) is 0 Å². The van der Waals surface area contributed by atoms with Crippen molar-refractivity contribution in [3.63, 3.8) is 0 Å². The Labute approximate surface area is 111 Å². The van der Waals surface area contributed by atoms with E-state index in [0.717, 1.165) is 12.1 Å². The number of rotatable bonds is 7. The van der Waals surface area contributed by atoms with Crippen molar-refractivity contribution in [1.29, 1.82) is 0 Å². The number of aliphatic hydroxyl groups is 1. The van der Waals surface area contributed by atoms with Crippen LogP contribution in [0.3, 0.4) is 0 Å². The molecular weight excluding hydrogens is 251 g/mol. The van der Waals surface area contributed by atoms with Gasteiger partial charge in [0.05, 0.1) is 11.0 Å². The molecule has 0 saturated carbocycles. The van der Waals surface area contributed by atoms with Gasteiger partial charge in [0.25, 0.3) is 0 Å². The maximum atomic E-state index is 13.3. The van der Waals surface area contributed by atoms with Gasteiger partial charge in [0.2, 0.25) is 5.82 Å². The van der Waals surface area contributed by atoms with Crippen LogP contribution in [0.15, 0.2) is 18.2 Å². The molecule has 0 bridgehead atoms. The first-order valence-corrected chi connectivity index (χ1v) is 6.21. The molecule has 1 atom stereocenters. The highest BCUT2D eigenvalue weighted by molar-refractivity contribution is 5.34. The quantitative estimate of drug-likeness (QED) is 0.588. The number of halogens is 1. The van der Waals surface area contributed by atoms with E-state index in [0.29, 0.717) is 31.0 Å². The number of benzene rings is 1. The first-order chi connectivity index (χ1) is 8.90. The largest absolute Gasteiger partial charge is 0.392 e. The Hall–Kier alpha value is -1.53.